The SMILES string of the molecule is O=C(O)C1CCCCN1Cc1ccc(Cl)c(F)c1. The first-order valence-electron chi connectivity index (χ1n) is 5.98. The summed E-state index contributed by atoms with van der Waals surface area (Å²) in [4.78, 5) is 13.0. The van der Waals surface area contributed by atoms with Crippen LogP contribution in [0, 0.1) is 5.82 Å². The van der Waals surface area contributed by atoms with E-state index in [1.165, 1.54) is 12.1 Å². The van der Waals surface area contributed by atoms with E-state index < -0.39 is 17.8 Å². The van der Waals surface area contributed by atoms with Crippen LogP contribution in [0.5, 0.6) is 0 Å². The molecule has 0 aromatic heterocycles. The molecule has 2 rings (SSSR count). The number of likely N-dealkylation sites (tertiary alicyclic amines) is 1. The van der Waals surface area contributed by atoms with Crippen LogP contribution in [0.1, 0.15) is 24.8 Å². The van der Waals surface area contributed by atoms with Gasteiger partial charge in [-0.1, -0.05) is 24.1 Å². The van der Waals surface area contributed by atoms with Crippen LogP contribution in [0.25, 0.3) is 0 Å². The molecule has 0 radical (unpaired) electrons. The molecule has 1 unspecified atom stereocenters. The molecule has 1 heterocycles. The van der Waals surface area contributed by atoms with Crippen LogP contribution in [0.3, 0.4) is 0 Å². The van der Waals surface area contributed by atoms with Gasteiger partial charge >= 0.3 is 5.97 Å². The molecule has 3 nitrogen and oxygen atoms in total. The minimum absolute atomic E-state index is 0.0900. The first-order valence-corrected chi connectivity index (χ1v) is 6.36. The molecule has 0 spiro atoms. The zero-order chi connectivity index (χ0) is 13.1. The fourth-order valence-electron chi connectivity index (χ4n) is 2.33. The van der Waals surface area contributed by atoms with E-state index in [-0.39, 0.29) is 5.02 Å². The Labute approximate surface area is 110 Å². The molecular weight excluding hydrogens is 257 g/mol. The third-order valence-corrected chi connectivity index (χ3v) is 3.57. The number of carboxylic acid groups (broad SMARTS) is 1. The Morgan fingerprint density at radius 3 is 2.94 bits per heavy atom. The van der Waals surface area contributed by atoms with Crippen LogP contribution in [0.4, 0.5) is 4.39 Å². The number of nitrogens with zero attached hydrogens (tertiary/aromatic N) is 1. The standard InChI is InChI=1S/C13H15ClFNO2/c14-10-5-4-9(7-11(10)15)8-16-6-2-1-3-12(16)13(17)18/h4-5,7,12H,1-3,6,8H2,(H,17,18). The Balaban J connectivity index is 2.10. The fraction of sp³-hybridized carbons (Fsp3) is 0.462. The summed E-state index contributed by atoms with van der Waals surface area (Å²) in [5.41, 5.74) is 0.755. The molecule has 0 amide bonds. The second kappa shape index (κ2) is 5.67. The van der Waals surface area contributed by atoms with Crippen molar-refractivity contribution in [1.29, 1.82) is 0 Å². The first-order chi connectivity index (χ1) is 8.58. The Hall–Kier alpha value is -1.13. The van der Waals surface area contributed by atoms with E-state index >= 15 is 0 Å². The molecule has 1 saturated heterocycles. The van der Waals surface area contributed by atoms with Crippen molar-refractivity contribution in [3.05, 3.63) is 34.6 Å². The normalized spacial score (nSPS) is 20.9. The molecule has 1 fully saturated rings. The van der Waals surface area contributed by atoms with Gasteiger partial charge in [-0.05, 0) is 37.1 Å². The molecule has 5 heteroatoms. The number of hydrogen-bond acceptors (Lipinski definition) is 2. The van der Waals surface area contributed by atoms with E-state index in [0.717, 1.165) is 24.9 Å². The smallest absolute Gasteiger partial charge is 0.320 e. The van der Waals surface area contributed by atoms with Crippen LogP contribution in [-0.4, -0.2) is 28.6 Å². The monoisotopic (exact) mass is 271 g/mol. The van der Waals surface area contributed by atoms with Crippen LogP contribution >= 0.6 is 11.6 Å². The van der Waals surface area contributed by atoms with Gasteiger partial charge in [0.15, 0.2) is 0 Å². The summed E-state index contributed by atoms with van der Waals surface area (Å²) in [5.74, 6) is -1.26. The van der Waals surface area contributed by atoms with Crippen molar-refractivity contribution in [1.82, 2.24) is 4.90 Å². The van der Waals surface area contributed by atoms with E-state index in [1.54, 1.807) is 6.07 Å². The highest BCUT2D eigenvalue weighted by atomic mass is 35.5. The van der Waals surface area contributed by atoms with E-state index in [0.29, 0.717) is 13.0 Å². The van der Waals surface area contributed by atoms with Gasteiger partial charge in [0.25, 0.3) is 0 Å². The van der Waals surface area contributed by atoms with Gasteiger partial charge in [-0.15, -0.1) is 0 Å². The largest absolute Gasteiger partial charge is 0.480 e. The lowest BCUT2D eigenvalue weighted by Crippen LogP contribution is -2.44. The second-order valence-electron chi connectivity index (χ2n) is 4.57. The van der Waals surface area contributed by atoms with Gasteiger partial charge in [0.05, 0.1) is 5.02 Å². The summed E-state index contributed by atoms with van der Waals surface area (Å²) in [6.45, 7) is 1.19. The predicted octanol–water partition coefficient (Wildman–Crippen LogP) is 2.92. The van der Waals surface area contributed by atoms with E-state index in [1.807, 2.05) is 4.90 Å². The quantitative estimate of drug-likeness (QED) is 0.919. The molecule has 1 aliphatic heterocycles. The summed E-state index contributed by atoms with van der Waals surface area (Å²) >= 11 is 5.62. The molecule has 1 aromatic rings. The third-order valence-electron chi connectivity index (χ3n) is 3.27. The number of piperidine rings is 1. The summed E-state index contributed by atoms with van der Waals surface area (Å²) in [5, 5.41) is 9.24. The summed E-state index contributed by atoms with van der Waals surface area (Å²) in [6.07, 6.45) is 2.58. The van der Waals surface area contributed by atoms with Crippen molar-refractivity contribution in [2.24, 2.45) is 0 Å². The van der Waals surface area contributed by atoms with Crippen LogP contribution in [0.2, 0.25) is 5.02 Å². The minimum atomic E-state index is -0.802. The maximum Gasteiger partial charge on any atom is 0.320 e. The number of aliphatic carboxylic acids is 1. The number of halogens is 2. The lowest BCUT2D eigenvalue weighted by atomic mass is 10.0. The van der Waals surface area contributed by atoms with Crippen LogP contribution < -0.4 is 0 Å². The second-order valence-corrected chi connectivity index (χ2v) is 4.98. The lowest BCUT2D eigenvalue weighted by molar-refractivity contribution is -0.144. The van der Waals surface area contributed by atoms with Gasteiger partial charge in [0, 0.05) is 6.54 Å². The fourth-order valence-corrected chi connectivity index (χ4v) is 2.45. The molecule has 1 aliphatic rings. The molecule has 0 saturated carbocycles. The van der Waals surface area contributed by atoms with E-state index in [9.17, 15) is 9.18 Å². The van der Waals surface area contributed by atoms with E-state index in [2.05, 4.69) is 0 Å². The Bertz CT molecular complexity index is 453. The van der Waals surface area contributed by atoms with Gasteiger partial charge in [-0.25, -0.2) is 4.39 Å². The minimum Gasteiger partial charge on any atom is -0.480 e. The van der Waals surface area contributed by atoms with Gasteiger partial charge in [0.1, 0.15) is 11.9 Å². The van der Waals surface area contributed by atoms with Crippen molar-refractivity contribution in [3.63, 3.8) is 0 Å². The van der Waals surface area contributed by atoms with Crippen LogP contribution in [0.15, 0.2) is 18.2 Å². The highest BCUT2D eigenvalue weighted by Crippen LogP contribution is 2.22. The Kier molecular flexibility index (Phi) is 4.19. The number of hydrogen-bond donors (Lipinski definition) is 1. The molecule has 98 valence electrons. The summed E-state index contributed by atoms with van der Waals surface area (Å²) < 4.78 is 13.3. The summed E-state index contributed by atoms with van der Waals surface area (Å²) in [7, 11) is 0. The first kappa shape index (κ1) is 13.3. The molecule has 0 aliphatic carbocycles. The maximum absolute atomic E-state index is 13.3. The van der Waals surface area contributed by atoms with Crippen LogP contribution in [-0.2, 0) is 11.3 Å². The molecule has 0 bridgehead atoms. The highest BCUT2D eigenvalue weighted by Gasteiger charge is 2.28. The maximum atomic E-state index is 13.3. The number of carboxylic acids is 1. The highest BCUT2D eigenvalue weighted by molar-refractivity contribution is 6.30. The average molecular weight is 272 g/mol. The zero-order valence-electron chi connectivity index (χ0n) is 9.90. The van der Waals surface area contributed by atoms with Gasteiger partial charge < -0.3 is 5.11 Å². The topological polar surface area (TPSA) is 40.5 Å². The molecular formula is C13H15ClFNO2. The predicted molar refractivity (Wildman–Crippen MR) is 67.1 cm³/mol. The van der Waals surface area contributed by atoms with Gasteiger partial charge in [0.2, 0.25) is 0 Å². The number of benzene rings is 1. The molecule has 1 atom stereocenters. The van der Waals surface area contributed by atoms with E-state index in [4.69, 9.17) is 16.7 Å². The molecule has 1 aromatic carbocycles. The van der Waals surface area contributed by atoms with Gasteiger partial charge in [-0.3, -0.25) is 9.69 Å². The van der Waals surface area contributed by atoms with Crippen molar-refractivity contribution < 1.29 is 14.3 Å². The van der Waals surface area contributed by atoms with Crippen molar-refractivity contribution in [2.75, 3.05) is 6.54 Å². The number of rotatable bonds is 3. The Morgan fingerprint density at radius 1 is 1.50 bits per heavy atom. The Morgan fingerprint density at radius 2 is 2.28 bits per heavy atom. The third kappa shape index (κ3) is 3.00. The number of carbonyl (C=O) groups is 1. The summed E-state index contributed by atoms with van der Waals surface area (Å²) in [6, 6.07) is 4.15. The lowest BCUT2D eigenvalue weighted by Gasteiger charge is -2.32. The van der Waals surface area contributed by atoms with Gasteiger partial charge in [-0.2, -0.15) is 0 Å². The van der Waals surface area contributed by atoms with Crippen molar-refractivity contribution in [2.45, 2.75) is 31.8 Å². The average Bonchev–Trinajstić information content (AvgIpc) is 2.34. The van der Waals surface area contributed by atoms with Crippen molar-refractivity contribution in [3.8, 4) is 0 Å². The molecule has 1 N–H and O–H groups in total. The van der Waals surface area contributed by atoms with Crippen molar-refractivity contribution >= 4 is 17.6 Å². The molecule has 18 heavy (non-hydrogen) atoms. The zero-order valence-corrected chi connectivity index (χ0v) is 10.7.